The average molecular weight is 389 g/mol. The molecule has 0 saturated heterocycles. The first-order valence-corrected chi connectivity index (χ1v) is 9.49. The molecule has 1 atom stereocenters. The zero-order valence-electron chi connectivity index (χ0n) is 14.9. The summed E-state index contributed by atoms with van der Waals surface area (Å²) in [6, 6.07) is 16.0. The van der Waals surface area contributed by atoms with E-state index in [1.165, 1.54) is 0 Å². The second-order valence-electron chi connectivity index (χ2n) is 6.32. The van der Waals surface area contributed by atoms with Gasteiger partial charge in [0.15, 0.2) is 0 Å². The van der Waals surface area contributed by atoms with E-state index in [1.54, 1.807) is 10.9 Å². The summed E-state index contributed by atoms with van der Waals surface area (Å²) in [5.41, 5.74) is 3.82. The van der Waals surface area contributed by atoms with Crippen LogP contribution in [0.2, 0.25) is 10.0 Å². The second-order valence-corrected chi connectivity index (χ2v) is 7.16. The van der Waals surface area contributed by atoms with Gasteiger partial charge in [-0.15, -0.1) is 0 Å². The van der Waals surface area contributed by atoms with Gasteiger partial charge in [0.25, 0.3) is 0 Å². The summed E-state index contributed by atoms with van der Waals surface area (Å²) in [5.74, 6) is 0. The van der Waals surface area contributed by atoms with Gasteiger partial charge in [-0.25, -0.2) is 0 Å². The van der Waals surface area contributed by atoms with Crippen molar-refractivity contribution in [1.29, 1.82) is 0 Å². The molecule has 0 fully saturated rings. The third-order valence-electron chi connectivity index (χ3n) is 4.33. The van der Waals surface area contributed by atoms with Gasteiger partial charge in [-0.1, -0.05) is 66.5 Å². The Morgan fingerprint density at radius 1 is 1.08 bits per heavy atom. The fourth-order valence-corrected chi connectivity index (χ4v) is 3.08. The van der Waals surface area contributed by atoms with E-state index in [1.807, 2.05) is 30.3 Å². The number of halogens is 2. The average Bonchev–Trinajstić information content (AvgIpc) is 3.05. The molecule has 1 aromatic heterocycles. The second kappa shape index (κ2) is 8.67. The maximum Gasteiger partial charge on any atom is 0.117 e. The molecule has 0 amide bonds. The van der Waals surface area contributed by atoms with E-state index in [2.05, 4.69) is 31.3 Å². The zero-order chi connectivity index (χ0) is 18.5. The van der Waals surface area contributed by atoms with E-state index >= 15 is 0 Å². The van der Waals surface area contributed by atoms with Crippen LogP contribution in [0.15, 0.2) is 48.5 Å². The van der Waals surface area contributed by atoms with Crippen molar-refractivity contribution in [3.63, 3.8) is 0 Å². The quantitative estimate of drug-likeness (QED) is 0.605. The number of hydrogen-bond donors (Lipinski definition) is 1. The van der Waals surface area contributed by atoms with Crippen molar-refractivity contribution < 1.29 is 0 Å². The van der Waals surface area contributed by atoms with Crippen LogP contribution < -0.4 is 5.32 Å². The van der Waals surface area contributed by atoms with Crippen molar-refractivity contribution in [3.8, 4) is 11.3 Å². The minimum absolute atomic E-state index is 0.425. The van der Waals surface area contributed by atoms with E-state index in [0.717, 1.165) is 28.9 Å². The molecule has 3 rings (SSSR count). The highest BCUT2D eigenvalue weighted by molar-refractivity contribution is 6.35. The highest BCUT2D eigenvalue weighted by Gasteiger charge is 2.14. The first-order valence-electron chi connectivity index (χ1n) is 8.73. The minimum Gasteiger partial charge on any atom is -0.309 e. The molecule has 0 aliphatic carbocycles. The summed E-state index contributed by atoms with van der Waals surface area (Å²) in [6.07, 6.45) is 1.06. The van der Waals surface area contributed by atoms with Gasteiger partial charge in [0.05, 0.1) is 6.54 Å². The first-order chi connectivity index (χ1) is 12.6. The normalized spacial score (nSPS) is 12.3. The smallest absolute Gasteiger partial charge is 0.117 e. The Morgan fingerprint density at radius 3 is 2.54 bits per heavy atom. The monoisotopic (exact) mass is 388 g/mol. The number of nitrogens with zero attached hydrogens (tertiary/aromatic N) is 3. The van der Waals surface area contributed by atoms with E-state index < -0.39 is 0 Å². The zero-order valence-corrected chi connectivity index (χ0v) is 16.4. The molecule has 0 spiro atoms. The molecule has 3 aromatic rings. The molecular weight excluding hydrogens is 367 g/mol. The lowest BCUT2D eigenvalue weighted by atomic mass is 10.1. The SMILES string of the molecule is CC[C@@H](C)NCc1nn(Cc2ccc(Cl)cc2Cl)nc1-c1ccccc1. The maximum atomic E-state index is 6.30. The molecule has 4 nitrogen and oxygen atoms in total. The molecular formula is C20H22Cl2N4. The highest BCUT2D eigenvalue weighted by Crippen LogP contribution is 2.23. The van der Waals surface area contributed by atoms with Gasteiger partial charge >= 0.3 is 0 Å². The molecule has 0 bridgehead atoms. The molecule has 136 valence electrons. The van der Waals surface area contributed by atoms with Crippen molar-refractivity contribution in [1.82, 2.24) is 20.3 Å². The van der Waals surface area contributed by atoms with Crippen LogP contribution in [0.4, 0.5) is 0 Å². The predicted octanol–water partition coefficient (Wildman–Crippen LogP) is 5.19. The van der Waals surface area contributed by atoms with Crippen LogP contribution in [-0.4, -0.2) is 21.0 Å². The minimum atomic E-state index is 0.425. The Kier molecular flexibility index (Phi) is 6.30. The van der Waals surface area contributed by atoms with Crippen molar-refractivity contribution in [3.05, 3.63) is 69.8 Å². The molecule has 0 aliphatic heterocycles. The summed E-state index contributed by atoms with van der Waals surface area (Å²) >= 11 is 12.3. The number of rotatable bonds is 7. The Bertz CT molecular complexity index is 862. The Morgan fingerprint density at radius 2 is 1.85 bits per heavy atom. The Labute approximate surface area is 164 Å². The molecule has 2 aromatic carbocycles. The molecule has 1 heterocycles. The Hall–Kier alpha value is -1.88. The van der Waals surface area contributed by atoms with Gasteiger partial charge in [0, 0.05) is 28.2 Å². The topological polar surface area (TPSA) is 42.7 Å². The van der Waals surface area contributed by atoms with Crippen LogP contribution >= 0.6 is 23.2 Å². The standard InChI is InChI=1S/C20H22Cl2N4/c1-3-14(2)23-12-19-20(15-7-5-4-6-8-15)25-26(24-19)13-16-9-10-17(21)11-18(16)22/h4-11,14,23H,3,12-13H2,1-2H3/t14-/m1/s1. The van der Waals surface area contributed by atoms with Crippen LogP contribution in [0.3, 0.4) is 0 Å². The van der Waals surface area contributed by atoms with E-state index in [4.69, 9.17) is 33.4 Å². The molecule has 0 saturated carbocycles. The van der Waals surface area contributed by atoms with E-state index in [-0.39, 0.29) is 0 Å². The lowest BCUT2D eigenvalue weighted by Gasteiger charge is -2.10. The van der Waals surface area contributed by atoms with E-state index in [0.29, 0.717) is 29.2 Å². The summed E-state index contributed by atoms with van der Waals surface area (Å²) < 4.78 is 0. The van der Waals surface area contributed by atoms with Crippen molar-refractivity contribution in [2.45, 2.75) is 39.4 Å². The predicted molar refractivity (Wildman–Crippen MR) is 108 cm³/mol. The van der Waals surface area contributed by atoms with Crippen LogP contribution in [0.25, 0.3) is 11.3 Å². The molecule has 0 aliphatic rings. The fraction of sp³-hybridized carbons (Fsp3) is 0.300. The summed E-state index contributed by atoms with van der Waals surface area (Å²) in [6.45, 7) is 5.50. The first kappa shape index (κ1) is 18.9. The van der Waals surface area contributed by atoms with Crippen LogP contribution in [0.5, 0.6) is 0 Å². The van der Waals surface area contributed by atoms with E-state index in [9.17, 15) is 0 Å². The number of hydrogen-bond acceptors (Lipinski definition) is 3. The molecule has 1 N–H and O–H groups in total. The summed E-state index contributed by atoms with van der Waals surface area (Å²) in [7, 11) is 0. The molecule has 0 radical (unpaired) electrons. The van der Waals surface area contributed by atoms with Crippen LogP contribution in [-0.2, 0) is 13.1 Å². The lowest BCUT2D eigenvalue weighted by molar-refractivity contribution is 0.520. The number of aromatic nitrogens is 3. The van der Waals surface area contributed by atoms with Gasteiger partial charge in [0.2, 0.25) is 0 Å². The van der Waals surface area contributed by atoms with Crippen LogP contribution in [0, 0.1) is 0 Å². The lowest BCUT2D eigenvalue weighted by Crippen LogP contribution is -2.25. The number of benzene rings is 2. The van der Waals surface area contributed by atoms with Gasteiger partial charge in [0.1, 0.15) is 11.4 Å². The van der Waals surface area contributed by atoms with Crippen molar-refractivity contribution >= 4 is 23.2 Å². The molecule has 0 unspecified atom stereocenters. The molecule has 26 heavy (non-hydrogen) atoms. The fourth-order valence-electron chi connectivity index (χ4n) is 2.61. The number of nitrogens with one attached hydrogen (secondary N) is 1. The van der Waals surface area contributed by atoms with Crippen molar-refractivity contribution in [2.75, 3.05) is 0 Å². The van der Waals surface area contributed by atoms with Gasteiger partial charge in [-0.3, -0.25) is 0 Å². The van der Waals surface area contributed by atoms with Crippen molar-refractivity contribution in [2.24, 2.45) is 0 Å². The summed E-state index contributed by atoms with van der Waals surface area (Å²) in [5, 5.41) is 14.2. The summed E-state index contributed by atoms with van der Waals surface area (Å²) in [4.78, 5) is 1.70. The van der Waals surface area contributed by atoms with Gasteiger partial charge in [-0.2, -0.15) is 15.0 Å². The van der Waals surface area contributed by atoms with Gasteiger partial charge in [-0.05, 0) is 31.0 Å². The Balaban J connectivity index is 1.90. The van der Waals surface area contributed by atoms with Gasteiger partial charge < -0.3 is 5.32 Å². The third kappa shape index (κ3) is 4.64. The maximum absolute atomic E-state index is 6.30. The largest absolute Gasteiger partial charge is 0.309 e. The van der Waals surface area contributed by atoms with Crippen LogP contribution in [0.1, 0.15) is 31.5 Å². The highest BCUT2D eigenvalue weighted by atomic mass is 35.5. The third-order valence-corrected chi connectivity index (χ3v) is 4.92. The molecule has 6 heteroatoms.